The molecule has 2 aromatic rings. The lowest BCUT2D eigenvalue weighted by molar-refractivity contribution is -0.657. The number of rotatable bonds is 6. The molecule has 120 valence electrons. The minimum Gasteiger partial charge on any atom is -1.00 e. The number of benzene rings is 1. The van der Waals surface area contributed by atoms with Crippen molar-refractivity contribution in [1.82, 2.24) is 4.57 Å². The van der Waals surface area contributed by atoms with Crippen molar-refractivity contribution >= 4 is 17.3 Å². The summed E-state index contributed by atoms with van der Waals surface area (Å²) >= 11 is 0. The van der Waals surface area contributed by atoms with Crippen LogP contribution in [0, 0.1) is 0 Å². The summed E-state index contributed by atoms with van der Waals surface area (Å²) in [6.07, 6.45) is 3.30. The zero-order valence-electron chi connectivity index (χ0n) is 12.6. The third kappa shape index (κ3) is 4.80. The molecule has 4 N–H and O–H groups in total. The maximum Gasteiger partial charge on any atom is 0.421 e. The predicted molar refractivity (Wildman–Crippen MR) is 80.8 cm³/mol. The monoisotopic (exact) mass is 324 g/mol. The number of aliphatic hydroxyl groups excluding tert-OH is 1. The highest BCUT2D eigenvalue weighted by Gasteiger charge is 2.10. The fraction of sp³-hybridized carbons (Fsp3) is 0.357. The molecule has 0 saturated carbocycles. The van der Waals surface area contributed by atoms with Crippen LogP contribution >= 0.6 is 0 Å². The van der Waals surface area contributed by atoms with Crippen molar-refractivity contribution in [2.75, 3.05) is 18.4 Å². The van der Waals surface area contributed by atoms with E-state index in [0.717, 1.165) is 17.3 Å². The molecule has 2 rings (SSSR count). The van der Waals surface area contributed by atoms with E-state index < -0.39 is 6.10 Å². The van der Waals surface area contributed by atoms with Gasteiger partial charge in [0, 0.05) is 23.9 Å². The van der Waals surface area contributed by atoms with Crippen LogP contribution in [0.3, 0.4) is 0 Å². The molecule has 1 unspecified atom stereocenters. The quantitative estimate of drug-likeness (QED) is 0.424. The predicted octanol–water partition coefficient (Wildman–Crippen LogP) is -2.00. The van der Waals surface area contributed by atoms with Gasteiger partial charge < -0.3 is 28.6 Å². The molecule has 0 radical (unpaired) electrons. The topological polar surface area (TPSA) is 91.8 Å². The molecule has 1 aromatic carbocycles. The lowest BCUT2D eigenvalue weighted by Gasteiger charge is -2.10. The number of hydrogen-bond donors (Lipinski definition) is 3. The summed E-state index contributed by atoms with van der Waals surface area (Å²) in [5.74, 6) is 0.767. The molecule has 0 amide bonds. The molecule has 0 bridgehead atoms. The van der Waals surface area contributed by atoms with Gasteiger partial charge in [-0.1, -0.05) is 5.11 Å². The van der Waals surface area contributed by atoms with E-state index in [9.17, 15) is 5.11 Å². The Morgan fingerprint density at radius 3 is 2.55 bits per heavy atom. The number of nitrogens with one attached hydrogen (secondary N) is 1. The Morgan fingerprint density at radius 1 is 1.32 bits per heavy atom. The molecular weight excluding hydrogens is 304 g/mol. The van der Waals surface area contributed by atoms with Gasteiger partial charge >= 0.3 is 5.95 Å². The van der Waals surface area contributed by atoms with Crippen molar-refractivity contribution in [3.8, 4) is 0 Å². The Hall–Kier alpha value is -1.96. The van der Waals surface area contributed by atoms with E-state index >= 15 is 0 Å². The second-order valence-electron chi connectivity index (χ2n) is 4.84. The maximum absolute atomic E-state index is 9.39. The summed E-state index contributed by atoms with van der Waals surface area (Å²) in [5, 5.41) is 20.9. The van der Waals surface area contributed by atoms with Crippen LogP contribution < -0.4 is 28.0 Å². The minimum atomic E-state index is -0.540. The molecule has 22 heavy (non-hydrogen) atoms. The number of anilines is 1. The Kier molecular flexibility index (Phi) is 6.97. The van der Waals surface area contributed by atoms with E-state index in [4.69, 9.17) is 5.73 Å². The lowest BCUT2D eigenvalue weighted by Crippen LogP contribution is -3.00. The lowest BCUT2D eigenvalue weighted by atomic mass is 10.2. The maximum atomic E-state index is 9.39. The molecule has 0 spiro atoms. The second kappa shape index (κ2) is 8.47. The van der Waals surface area contributed by atoms with Crippen molar-refractivity contribution in [2.45, 2.75) is 6.10 Å². The minimum absolute atomic E-state index is 0. The highest BCUT2D eigenvalue weighted by molar-refractivity contribution is 5.50. The van der Waals surface area contributed by atoms with Crippen LogP contribution in [0.4, 0.5) is 17.3 Å². The van der Waals surface area contributed by atoms with Crippen LogP contribution in [0.1, 0.15) is 0 Å². The summed E-state index contributed by atoms with van der Waals surface area (Å²) in [5.41, 5.74) is 7.02. The van der Waals surface area contributed by atoms with Gasteiger partial charge in [-0.2, -0.15) is 0 Å². The van der Waals surface area contributed by atoms with Gasteiger partial charge in [0.2, 0.25) is 0 Å². The first-order chi connectivity index (χ1) is 10.1. The third-order valence-corrected chi connectivity index (χ3v) is 3.08. The van der Waals surface area contributed by atoms with E-state index in [0.29, 0.717) is 6.54 Å². The first kappa shape index (κ1) is 18.1. The summed E-state index contributed by atoms with van der Waals surface area (Å²) in [4.78, 5) is 0. The van der Waals surface area contributed by atoms with Crippen molar-refractivity contribution in [3.05, 3.63) is 36.7 Å². The van der Waals surface area contributed by atoms with Gasteiger partial charge in [0.05, 0.1) is 32.6 Å². The summed E-state index contributed by atoms with van der Waals surface area (Å²) < 4.78 is 3.79. The van der Waals surface area contributed by atoms with E-state index in [1.165, 1.54) is 0 Å². The average molecular weight is 325 g/mol. The van der Waals surface area contributed by atoms with Crippen LogP contribution in [0.5, 0.6) is 0 Å². The number of aliphatic hydroxyl groups is 1. The van der Waals surface area contributed by atoms with E-state index in [2.05, 4.69) is 15.5 Å². The third-order valence-electron chi connectivity index (χ3n) is 3.08. The molecule has 1 atom stereocenters. The first-order valence-corrected chi connectivity index (χ1v) is 6.75. The summed E-state index contributed by atoms with van der Waals surface area (Å²) in [6, 6.07) is 7.51. The highest BCUT2D eigenvalue weighted by atomic mass is 35.5. The second-order valence-corrected chi connectivity index (χ2v) is 4.84. The SMILES string of the molecule is Cn1cc[n+](C)c1/N=N/c1ccc(NCC(O)CN)cc1.[Cl-]. The Labute approximate surface area is 135 Å². The van der Waals surface area contributed by atoms with Crippen LogP contribution in [0.25, 0.3) is 0 Å². The fourth-order valence-electron chi connectivity index (χ4n) is 1.79. The van der Waals surface area contributed by atoms with Gasteiger partial charge in [0.25, 0.3) is 0 Å². The number of nitrogens with zero attached hydrogens (tertiary/aromatic N) is 4. The van der Waals surface area contributed by atoms with E-state index in [-0.39, 0.29) is 19.0 Å². The molecule has 7 nitrogen and oxygen atoms in total. The number of nitrogens with two attached hydrogens (primary N) is 1. The Balaban J connectivity index is 0.00000242. The number of imidazole rings is 1. The van der Waals surface area contributed by atoms with Crippen LogP contribution in [0.2, 0.25) is 0 Å². The Morgan fingerprint density at radius 2 is 2.00 bits per heavy atom. The van der Waals surface area contributed by atoms with Crippen LogP contribution in [-0.4, -0.2) is 28.9 Å². The van der Waals surface area contributed by atoms with Crippen molar-refractivity contribution in [2.24, 2.45) is 30.1 Å². The first-order valence-electron chi connectivity index (χ1n) is 6.75. The van der Waals surface area contributed by atoms with Crippen LogP contribution in [0.15, 0.2) is 46.9 Å². The average Bonchev–Trinajstić information content (AvgIpc) is 2.82. The molecule has 0 saturated heterocycles. The number of aromatic nitrogens is 2. The molecule has 0 aliphatic carbocycles. The molecule has 0 fully saturated rings. The van der Waals surface area contributed by atoms with Gasteiger partial charge in [-0.3, -0.25) is 0 Å². The van der Waals surface area contributed by atoms with Crippen molar-refractivity contribution in [3.63, 3.8) is 0 Å². The van der Waals surface area contributed by atoms with E-state index in [1.54, 1.807) is 0 Å². The van der Waals surface area contributed by atoms with Gasteiger partial charge in [-0.05, 0) is 24.3 Å². The molecule has 1 heterocycles. The number of halogens is 1. The zero-order valence-corrected chi connectivity index (χ0v) is 13.4. The van der Waals surface area contributed by atoms with Crippen molar-refractivity contribution in [1.29, 1.82) is 0 Å². The fourth-order valence-corrected chi connectivity index (χ4v) is 1.79. The summed E-state index contributed by atoms with van der Waals surface area (Å²) in [6.45, 7) is 0.670. The zero-order chi connectivity index (χ0) is 15.2. The number of azo groups is 1. The smallest absolute Gasteiger partial charge is 0.421 e. The number of hydrogen-bond acceptors (Lipinski definition) is 5. The standard InChI is InChI=1S/C14H20N6O.ClH/c1-19-7-8-20(2)14(19)18-17-12-5-3-11(4-6-12)16-10-13(21)9-15;/h3-8,13,21H,9-10,15H2,1-2H3;1H. The molecular formula is C14H21ClN6O. The summed E-state index contributed by atoms with van der Waals surface area (Å²) in [7, 11) is 3.84. The molecule has 8 heteroatoms. The van der Waals surface area contributed by atoms with Gasteiger partial charge in [0.15, 0.2) is 0 Å². The normalized spacial score (nSPS) is 12.2. The van der Waals surface area contributed by atoms with E-state index in [1.807, 2.05) is 59.9 Å². The largest absolute Gasteiger partial charge is 1.00 e. The molecule has 0 aliphatic heterocycles. The van der Waals surface area contributed by atoms with Crippen molar-refractivity contribution < 1.29 is 22.1 Å². The van der Waals surface area contributed by atoms with Crippen LogP contribution in [-0.2, 0) is 14.1 Å². The molecule has 0 aliphatic rings. The molecule has 1 aromatic heterocycles. The number of aryl methyl sites for hydroxylation is 2. The van der Waals surface area contributed by atoms with Gasteiger partial charge in [-0.15, -0.1) is 0 Å². The van der Waals surface area contributed by atoms with Gasteiger partial charge in [0.1, 0.15) is 5.69 Å². The Bertz CT molecular complexity index is 591. The highest BCUT2D eigenvalue weighted by Crippen LogP contribution is 2.18. The van der Waals surface area contributed by atoms with Gasteiger partial charge in [-0.25, -0.2) is 9.13 Å².